The van der Waals surface area contributed by atoms with Crippen molar-refractivity contribution in [3.8, 4) is 5.69 Å². The maximum atomic E-state index is 13.5. The Morgan fingerprint density at radius 1 is 1.18 bits per heavy atom. The highest BCUT2D eigenvalue weighted by Gasteiger charge is 2.35. The minimum Gasteiger partial charge on any atom is -0.451 e. The molecule has 2 aromatic heterocycles. The molecule has 0 fully saturated rings. The largest absolute Gasteiger partial charge is 0.451 e. The summed E-state index contributed by atoms with van der Waals surface area (Å²) in [5.41, 5.74) is -0.00729. The minimum atomic E-state index is -4.64. The number of amides is 1. The fourth-order valence-corrected chi connectivity index (χ4v) is 2.95. The van der Waals surface area contributed by atoms with E-state index in [9.17, 15) is 18.0 Å². The van der Waals surface area contributed by atoms with Crippen LogP contribution in [0.2, 0.25) is 0 Å². The molecule has 1 amide bonds. The zero-order valence-corrected chi connectivity index (χ0v) is 14.5. The normalized spacial score (nSPS) is 11.7. The van der Waals surface area contributed by atoms with Gasteiger partial charge >= 0.3 is 6.18 Å². The Hall–Kier alpha value is -3.62. The van der Waals surface area contributed by atoms with E-state index in [0.29, 0.717) is 11.1 Å². The van der Waals surface area contributed by atoms with Crippen molar-refractivity contribution in [1.29, 1.82) is 0 Å². The molecule has 0 aliphatic carbocycles. The Morgan fingerprint density at radius 2 is 1.96 bits per heavy atom. The van der Waals surface area contributed by atoms with Gasteiger partial charge in [0.1, 0.15) is 18.2 Å². The van der Waals surface area contributed by atoms with Crippen LogP contribution in [-0.4, -0.2) is 20.7 Å². The van der Waals surface area contributed by atoms with E-state index >= 15 is 0 Å². The van der Waals surface area contributed by atoms with Crippen molar-refractivity contribution < 1.29 is 22.4 Å². The number of halogens is 3. The van der Waals surface area contributed by atoms with Gasteiger partial charge in [-0.05, 0) is 31.2 Å². The average molecular weight is 386 g/mol. The van der Waals surface area contributed by atoms with Gasteiger partial charge in [0, 0.05) is 16.6 Å². The number of furan rings is 1. The van der Waals surface area contributed by atoms with Crippen molar-refractivity contribution in [3.63, 3.8) is 0 Å². The molecular weight excluding hydrogens is 373 g/mol. The number of nitrogens with zero attached hydrogens (tertiary/aromatic N) is 3. The predicted molar refractivity (Wildman–Crippen MR) is 95.3 cm³/mol. The molecule has 0 bridgehead atoms. The smallest absolute Gasteiger partial charge is 0.418 e. The topological polar surface area (TPSA) is 73.0 Å². The van der Waals surface area contributed by atoms with Gasteiger partial charge in [0.05, 0.1) is 11.3 Å². The van der Waals surface area contributed by atoms with E-state index < -0.39 is 17.6 Å². The van der Waals surface area contributed by atoms with E-state index in [0.717, 1.165) is 22.5 Å². The second kappa shape index (κ2) is 6.52. The van der Waals surface area contributed by atoms with Crippen molar-refractivity contribution in [2.45, 2.75) is 13.1 Å². The zero-order chi connectivity index (χ0) is 19.9. The molecular formula is C19H13F3N4O2. The molecule has 28 heavy (non-hydrogen) atoms. The highest BCUT2D eigenvalue weighted by molar-refractivity contribution is 6.06. The van der Waals surface area contributed by atoms with Gasteiger partial charge in [0.15, 0.2) is 5.76 Å². The maximum Gasteiger partial charge on any atom is 0.418 e. The van der Waals surface area contributed by atoms with E-state index in [4.69, 9.17) is 4.42 Å². The van der Waals surface area contributed by atoms with E-state index in [2.05, 4.69) is 15.4 Å². The van der Waals surface area contributed by atoms with Crippen LogP contribution in [0.5, 0.6) is 0 Å². The average Bonchev–Trinajstić information content (AvgIpc) is 3.30. The molecule has 0 saturated heterocycles. The Bertz CT molecular complexity index is 1160. The number of rotatable bonds is 3. The Labute approximate surface area is 156 Å². The maximum absolute atomic E-state index is 13.5. The molecule has 6 nitrogen and oxygen atoms in total. The molecule has 0 radical (unpaired) electrons. The summed E-state index contributed by atoms with van der Waals surface area (Å²) in [6, 6.07) is 10.5. The van der Waals surface area contributed by atoms with Gasteiger partial charge < -0.3 is 9.73 Å². The van der Waals surface area contributed by atoms with E-state index in [-0.39, 0.29) is 17.1 Å². The molecule has 0 atom stereocenters. The number of carbonyl (C=O) groups is 1. The van der Waals surface area contributed by atoms with Gasteiger partial charge in [-0.25, -0.2) is 9.67 Å². The molecule has 0 unspecified atom stereocenters. The third-order valence-corrected chi connectivity index (χ3v) is 4.28. The van der Waals surface area contributed by atoms with Crippen LogP contribution in [0.4, 0.5) is 18.9 Å². The lowest BCUT2D eigenvalue weighted by atomic mass is 10.1. The first-order valence-electron chi connectivity index (χ1n) is 8.20. The lowest BCUT2D eigenvalue weighted by Crippen LogP contribution is -2.15. The molecule has 0 saturated carbocycles. The monoisotopic (exact) mass is 386 g/mol. The highest BCUT2D eigenvalue weighted by Crippen LogP contribution is 2.35. The number of benzene rings is 2. The summed E-state index contributed by atoms with van der Waals surface area (Å²) in [5, 5.41) is 6.97. The standard InChI is InChI=1S/C19H13F3N4O2/c1-11-13-4-2-3-5-16(13)28-17(11)18(27)25-12-6-7-15(26-10-23-9-24-26)14(8-12)19(20,21)22/h2-10H,1H3,(H,25,27). The Kier molecular flexibility index (Phi) is 4.14. The summed E-state index contributed by atoms with van der Waals surface area (Å²) in [4.78, 5) is 16.2. The van der Waals surface area contributed by atoms with Gasteiger partial charge in [0.2, 0.25) is 0 Å². The highest BCUT2D eigenvalue weighted by atomic mass is 19.4. The fraction of sp³-hybridized carbons (Fsp3) is 0.105. The van der Waals surface area contributed by atoms with Crippen molar-refractivity contribution >= 4 is 22.6 Å². The van der Waals surface area contributed by atoms with Crippen LogP contribution in [-0.2, 0) is 6.18 Å². The first kappa shape index (κ1) is 17.8. The van der Waals surface area contributed by atoms with Crippen molar-refractivity contribution in [1.82, 2.24) is 14.8 Å². The minimum absolute atomic E-state index is 0.0129. The number of hydrogen-bond acceptors (Lipinski definition) is 4. The molecule has 1 N–H and O–H groups in total. The first-order chi connectivity index (χ1) is 13.3. The van der Waals surface area contributed by atoms with Gasteiger partial charge in [-0.1, -0.05) is 18.2 Å². The van der Waals surface area contributed by atoms with Crippen molar-refractivity contribution in [2.75, 3.05) is 5.32 Å². The lowest BCUT2D eigenvalue weighted by molar-refractivity contribution is -0.137. The molecule has 2 heterocycles. The molecule has 4 rings (SSSR count). The fourth-order valence-electron chi connectivity index (χ4n) is 2.95. The van der Waals surface area contributed by atoms with Crippen LogP contribution in [0.15, 0.2) is 59.5 Å². The van der Waals surface area contributed by atoms with Gasteiger partial charge in [0.25, 0.3) is 5.91 Å². The van der Waals surface area contributed by atoms with Gasteiger partial charge in [-0.2, -0.15) is 18.3 Å². The third kappa shape index (κ3) is 3.11. The van der Waals surface area contributed by atoms with Gasteiger partial charge in [-0.15, -0.1) is 0 Å². The van der Waals surface area contributed by atoms with Crippen LogP contribution in [0.25, 0.3) is 16.7 Å². The molecule has 9 heteroatoms. The number of anilines is 1. The van der Waals surface area contributed by atoms with Crippen LogP contribution >= 0.6 is 0 Å². The summed E-state index contributed by atoms with van der Waals surface area (Å²) in [6.07, 6.45) is -2.34. The number of fused-ring (bicyclic) bond motifs is 1. The number of aromatic nitrogens is 3. The summed E-state index contributed by atoms with van der Waals surface area (Å²) in [5.74, 6) is -0.578. The summed E-state index contributed by atoms with van der Waals surface area (Å²) in [7, 11) is 0. The van der Waals surface area contributed by atoms with Crippen molar-refractivity contribution in [2.24, 2.45) is 0 Å². The zero-order valence-electron chi connectivity index (χ0n) is 14.5. The predicted octanol–water partition coefficient (Wildman–Crippen LogP) is 4.59. The number of alkyl halides is 3. The van der Waals surface area contributed by atoms with Crippen LogP contribution < -0.4 is 5.32 Å². The molecule has 0 spiro atoms. The van der Waals surface area contributed by atoms with Crippen molar-refractivity contribution in [3.05, 3.63) is 72.0 Å². The number of aryl methyl sites for hydroxylation is 1. The number of nitrogens with one attached hydrogen (secondary N) is 1. The number of para-hydroxylation sites is 1. The Morgan fingerprint density at radius 3 is 2.64 bits per heavy atom. The number of hydrogen-bond donors (Lipinski definition) is 1. The van der Waals surface area contributed by atoms with Crippen LogP contribution in [0.1, 0.15) is 21.7 Å². The SMILES string of the molecule is Cc1c(C(=O)Nc2ccc(-n3cncn3)c(C(F)(F)F)c2)oc2ccccc12. The summed E-state index contributed by atoms with van der Waals surface area (Å²) in [6.45, 7) is 1.72. The summed E-state index contributed by atoms with van der Waals surface area (Å²) < 4.78 is 47.0. The van der Waals surface area contributed by atoms with Gasteiger partial charge in [-0.3, -0.25) is 4.79 Å². The summed E-state index contributed by atoms with van der Waals surface area (Å²) >= 11 is 0. The van der Waals surface area contributed by atoms with Crippen LogP contribution in [0, 0.1) is 6.92 Å². The molecule has 0 aliphatic heterocycles. The van der Waals surface area contributed by atoms with E-state index in [1.165, 1.54) is 18.5 Å². The number of carbonyl (C=O) groups excluding carboxylic acids is 1. The quantitative estimate of drug-likeness (QED) is 0.559. The lowest BCUT2D eigenvalue weighted by Gasteiger charge is -2.14. The second-order valence-corrected chi connectivity index (χ2v) is 6.08. The molecule has 0 aliphatic rings. The third-order valence-electron chi connectivity index (χ3n) is 4.28. The Balaban J connectivity index is 1.69. The molecule has 2 aromatic carbocycles. The second-order valence-electron chi connectivity index (χ2n) is 6.08. The molecule has 4 aromatic rings. The molecule has 142 valence electrons. The van der Waals surface area contributed by atoms with E-state index in [1.807, 2.05) is 6.07 Å². The first-order valence-corrected chi connectivity index (χ1v) is 8.20. The van der Waals surface area contributed by atoms with E-state index in [1.54, 1.807) is 25.1 Å². The van der Waals surface area contributed by atoms with Crippen LogP contribution in [0.3, 0.4) is 0 Å².